The lowest BCUT2D eigenvalue weighted by atomic mass is 10.0. The number of halogens is 3. The Bertz CT molecular complexity index is 650. The zero-order valence-electron chi connectivity index (χ0n) is 10.4. The van der Waals surface area contributed by atoms with Crippen molar-refractivity contribution < 1.29 is 18.0 Å². The fourth-order valence-corrected chi connectivity index (χ4v) is 1.83. The fourth-order valence-electron chi connectivity index (χ4n) is 1.83. The number of hydrogen-bond donors (Lipinski definition) is 0. The van der Waals surface area contributed by atoms with E-state index in [2.05, 4.69) is 5.10 Å². The van der Waals surface area contributed by atoms with Gasteiger partial charge in [0, 0.05) is 13.2 Å². The average Bonchev–Trinajstić information content (AvgIpc) is 2.77. The van der Waals surface area contributed by atoms with Crippen LogP contribution in [0.2, 0.25) is 0 Å². The van der Waals surface area contributed by atoms with E-state index in [0.717, 1.165) is 12.1 Å². The lowest BCUT2D eigenvalue weighted by Gasteiger charge is -2.03. The third-order valence-electron chi connectivity index (χ3n) is 2.76. The predicted molar refractivity (Wildman–Crippen MR) is 62.3 cm³/mol. The third kappa shape index (κ3) is 2.25. The fraction of sp³-hybridized carbons (Fsp3) is 0.231. The Morgan fingerprint density at radius 1 is 1.21 bits per heavy atom. The zero-order valence-corrected chi connectivity index (χ0v) is 10.4. The first-order chi connectivity index (χ1) is 8.95. The second kappa shape index (κ2) is 4.87. The average molecular weight is 268 g/mol. The van der Waals surface area contributed by atoms with Crippen molar-refractivity contribution in [3.05, 3.63) is 52.6 Å². The molecule has 19 heavy (non-hydrogen) atoms. The predicted octanol–water partition coefficient (Wildman–Crippen LogP) is 2.63. The number of nitrogens with zero attached hydrogens (tertiary/aromatic N) is 2. The van der Waals surface area contributed by atoms with E-state index in [0.29, 0.717) is 12.1 Å². The van der Waals surface area contributed by atoms with Crippen molar-refractivity contribution in [1.82, 2.24) is 9.78 Å². The van der Waals surface area contributed by atoms with Gasteiger partial charge in [0.2, 0.25) is 0 Å². The highest BCUT2D eigenvalue weighted by Crippen LogP contribution is 2.20. The third-order valence-corrected chi connectivity index (χ3v) is 2.76. The van der Waals surface area contributed by atoms with Crippen molar-refractivity contribution in [3.63, 3.8) is 0 Å². The molecule has 2 aromatic rings. The van der Waals surface area contributed by atoms with Gasteiger partial charge in [0.1, 0.15) is 0 Å². The summed E-state index contributed by atoms with van der Waals surface area (Å²) in [7, 11) is 1.62. The van der Waals surface area contributed by atoms with Gasteiger partial charge in [-0.15, -0.1) is 0 Å². The smallest absolute Gasteiger partial charge is 0.199 e. The van der Waals surface area contributed by atoms with Crippen molar-refractivity contribution in [2.75, 3.05) is 0 Å². The second-order valence-corrected chi connectivity index (χ2v) is 4.07. The standard InChI is InChI=1S/C13H11F3N2O/c1-3-10-8(6-18(2)17-10)13(19)7-4-5-9(14)12(16)11(7)15/h4-6H,3H2,1-2H3. The summed E-state index contributed by atoms with van der Waals surface area (Å²) >= 11 is 0. The lowest BCUT2D eigenvalue weighted by Crippen LogP contribution is -2.08. The highest BCUT2D eigenvalue weighted by molar-refractivity contribution is 6.09. The monoisotopic (exact) mass is 268 g/mol. The molecule has 0 saturated heterocycles. The van der Waals surface area contributed by atoms with Gasteiger partial charge in [-0.2, -0.15) is 5.10 Å². The molecule has 0 spiro atoms. The maximum absolute atomic E-state index is 13.6. The van der Waals surface area contributed by atoms with Gasteiger partial charge in [0.25, 0.3) is 0 Å². The van der Waals surface area contributed by atoms with Crippen LogP contribution in [0.3, 0.4) is 0 Å². The molecule has 0 bridgehead atoms. The number of aryl methyl sites for hydroxylation is 2. The maximum Gasteiger partial charge on any atom is 0.199 e. The first kappa shape index (κ1) is 13.3. The number of rotatable bonds is 3. The summed E-state index contributed by atoms with van der Waals surface area (Å²) in [6.45, 7) is 1.79. The van der Waals surface area contributed by atoms with E-state index in [1.807, 2.05) is 0 Å². The Morgan fingerprint density at radius 3 is 2.53 bits per heavy atom. The van der Waals surface area contributed by atoms with E-state index in [4.69, 9.17) is 0 Å². The van der Waals surface area contributed by atoms with Crippen LogP contribution >= 0.6 is 0 Å². The first-order valence-corrected chi connectivity index (χ1v) is 5.66. The first-order valence-electron chi connectivity index (χ1n) is 5.66. The summed E-state index contributed by atoms with van der Waals surface area (Å²) in [5, 5.41) is 4.05. The summed E-state index contributed by atoms with van der Waals surface area (Å²) in [4.78, 5) is 12.1. The lowest BCUT2D eigenvalue weighted by molar-refractivity contribution is 0.103. The summed E-state index contributed by atoms with van der Waals surface area (Å²) in [6, 6.07) is 1.66. The van der Waals surface area contributed by atoms with Crippen LogP contribution in [-0.4, -0.2) is 15.6 Å². The molecule has 0 amide bonds. The van der Waals surface area contributed by atoms with E-state index in [1.54, 1.807) is 14.0 Å². The van der Waals surface area contributed by atoms with E-state index >= 15 is 0 Å². The van der Waals surface area contributed by atoms with Crippen molar-refractivity contribution >= 4 is 5.78 Å². The van der Waals surface area contributed by atoms with E-state index in [1.165, 1.54) is 10.9 Å². The molecule has 0 aliphatic rings. The van der Waals surface area contributed by atoms with Gasteiger partial charge in [0.15, 0.2) is 23.2 Å². The second-order valence-electron chi connectivity index (χ2n) is 4.07. The molecule has 1 heterocycles. The van der Waals surface area contributed by atoms with Crippen LogP contribution in [0.25, 0.3) is 0 Å². The number of carbonyl (C=O) groups is 1. The minimum Gasteiger partial charge on any atom is -0.288 e. The van der Waals surface area contributed by atoms with Crippen LogP contribution in [0.5, 0.6) is 0 Å². The Hall–Kier alpha value is -2.11. The van der Waals surface area contributed by atoms with Gasteiger partial charge in [-0.25, -0.2) is 13.2 Å². The molecular formula is C13H11F3N2O. The minimum atomic E-state index is -1.65. The van der Waals surface area contributed by atoms with Crippen LogP contribution in [-0.2, 0) is 13.5 Å². The van der Waals surface area contributed by atoms with Crippen LogP contribution in [0.1, 0.15) is 28.5 Å². The Labute approximate surface area is 107 Å². The van der Waals surface area contributed by atoms with E-state index < -0.39 is 28.8 Å². The molecule has 0 atom stereocenters. The Balaban J connectivity index is 2.53. The molecule has 0 radical (unpaired) electrons. The van der Waals surface area contributed by atoms with E-state index in [-0.39, 0.29) is 5.56 Å². The van der Waals surface area contributed by atoms with E-state index in [9.17, 15) is 18.0 Å². The van der Waals surface area contributed by atoms with Crippen LogP contribution in [0, 0.1) is 17.5 Å². The number of benzene rings is 1. The SMILES string of the molecule is CCc1nn(C)cc1C(=O)c1ccc(F)c(F)c1F. The molecule has 2 rings (SSSR count). The van der Waals surface area contributed by atoms with Gasteiger partial charge in [-0.1, -0.05) is 6.92 Å². The van der Waals surface area contributed by atoms with Crippen molar-refractivity contribution in [1.29, 1.82) is 0 Å². The molecule has 0 unspecified atom stereocenters. The molecule has 0 fully saturated rings. The van der Waals surface area contributed by atoms with Crippen molar-refractivity contribution in [3.8, 4) is 0 Å². The number of hydrogen-bond acceptors (Lipinski definition) is 2. The van der Waals surface area contributed by atoms with Gasteiger partial charge in [0.05, 0.1) is 16.8 Å². The summed E-state index contributed by atoms with van der Waals surface area (Å²) in [5.74, 6) is -5.15. The van der Waals surface area contributed by atoms with Crippen molar-refractivity contribution in [2.24, 2.45) is 7.05 Å². The zero-order chi connectivity index (χ0) is 14.2. The molecule has 6 heteroatoms. The molecule has 1 aromatic heterocycles. The molecular weight excluding hydrogens is 257 g/mol. The number of aromatic nitrogens is 2. The summed E-state index contributed by atoms with van der Waals surface area (Å²) in [6.07, 6.45) is 1.91. The molecule has 0 aliphatic heterocycles. The van der Waals surface area contributed by atoms with Crippen LogP contribution < -0.4 is 0 Å². The highest BCUT2D eigenvalue weighted by atomic mass is 19.2. The quantitative estimate of drug-likeness (QED) is 0.633. The highest BCUT2D eigenvalue weighted by Gasteiger charge is 2.23. The Kier molecular flexibility index (Phi) is 3.42. The normalized spacial score (nSPS) is 10.8. The summed E-state index contributed by atoms with van der Waals surface area (Å²) in [5.41, 5.74) is 0.174. The Morgan fingerprint density at radius 2 is 1.89 bits per heavy atom. The van der Waals surface area contributed by atoms with Gasteiger partial charge >= 0.3 is 0 Å². The van der Waals surface area contributed by atoms with Gasteiger partial charge in [-0.3, -0.25) is 9.48 Å². The van der Waals surface area contributed by atoms with Gasteiger partial charge < -0.3 is 0 Å². The topological polar surface area (TPSA) is 34.9 Å². The summed E-state index contributed by atoms with van der Waals surface area (Å²) < 4.78 is 41.0. The molecule has 0 saturated carbocycles. The minimum absolute atomic E-state index is 0.190. The van der Waals surface area contributed by atoms with Gasteiger partial charge in [-0.05, 0) is 18.6 Å². The van der Waals surface area contributed by atoms with Crippen LogP contribution in [0.15, 0.2) is 18.3 Å². The number of ketones is 1. The van der Waals surface area contributed by atoms with Crippen molar-refractivity contribution in [2.45, 2.75) is 13.3 Å². The molecule has 0 aliphatic carbocycles. The molecule has 100 valence electrons. The van der Waals surface area contributed by atoms with Crippen LogP contribution in [0.4, 0.5) is 13.2 Å². The molecule has 0 N–H and O–H groups in total. The molecule has 1 aromatic carbocycles. The number of carbonyl (C=O) groups excluding carboxylic acids is 1. The molecule has 3 nitrogen and oxygen atoms in total. The largest absolute Gasteiger partial charge is 0.288 e. The maximum atomic E-state index is 13.6.